The van der Waals surface area contributed by atoms with Gasteiger partial charge in [0, 0.05) is 18.2 Å². The van der Waals surface area contributed by atoms with E-state index < -0.39 is 0 Å². The summed E-state index contributed by atoms with van der Waals surface area (Å²) in [4.78, 5) is 2.46. The Morgan fingerprint density at radius 3 is 2.55 bits per heavy atom. The number of halogens is 2. The van der Waals surface area contributed by atoms with Crippen LogP contribution in [0.15, 0.2) is 16.6 Å². The van der Waals surface area contributed by atoms with Gasteiger partial charge in [-0.1, -0.05) is 26.1 Å². The average Bonchev–Trinajstić information content (AvgIpc) is 2.41. The smallest absolute Gasteiger partial charge is 0.161 e. The lowest BCUT2D eigenvalue weighted by molar-refractivity contribution is 0.294. The molecule has 1 aromatic carbocycles. The second-order valence-corrected chi connectivity index (χ2v) is 5.92. The fourth-order valence-corrected chi connectivity index (χ4v) is 2.89. The second-order valence-electron chi connectivity index (χ2n) is 4.68. The molecule has 0 aliphatic carbocycles. The highest BCUT2D eigenvalue weighted by atomic mass is 79.9. The minimum atomic E-state index is -0.360. The highest BCUT2D eigenvalue weighted by molar-refractivity contribution is 9.10. The first-order valence-corrected chi connectivity index (χ1v) is 7.87. The van der Waals surface area contributed by atoms with E-state index in [2.05, 4.69) is 40.0 Å². The van der Waals surface area contributed by atoms with Crippen LogP contribution in [-0.2, 0) is 0 Å². The fraction of sp³-hybridized carbons (Fsp3) is 0.500. The van der Waals surface area contributed by atoms with Crippen molar-refractivity contribution in [2.24, 2.45) is 5.73 Å². The molecule has 0 saturated carbocycles. The SMILES string of the molecule is CCN(CC)CC(C)Nc1ccc(C(N)=S)c(Br)c1F. The molecule has 3 N–H and O–H groups in total. The van der Waals surface area contributed by atoms with Crippen LogP contribution >= 0.6 is 28.1 Å². The van der Waals surface area contributed by atoms with E-state index in [4.69, 9.17) is 18.0 Å². The van der Waals surface area contributed by atoms with E-state index in [1.807, 2.05) is 6.92 Å². The first-order chi connectivity index (χ1) is 9.40. The molecule has 112 valence electrons. The maximum Gasteiger partial charge on any atom is 0.161 e. The summed E-state index contributed by atoms with van der Waals surface area (Å²) in [5.74, 6) is -0.360. The molecule has 0 aromatic heterocycles. The summed E-state index contributed by atoms with van der Waals surface area (Å²) in [6, 6.07) is 3.54. The quantitative estimate of drug-likeness (QED) is 0.730. The van der Waals surface area contributed by atoms with Crippen molar-refractivity contribution in [2.45, 2.75) is 26.8 Å². The molecule has 0 aliphatic rings. The number of thiocarbonyl (C=S) groups is 1. The predicted molar refractivity (Wildman–Crippen MR) is 90.9 cm³/mol. The number of hydrogen-bond donors (Lipinski definition) is 2. The third-order valence-corrected chi connectivity index (χ3v) is 4.17. The van der Waals surface area contributed by atoms with Crippen LogP contribution in [0.2, 0.25) is 0 Å². The molecule has 0 spiro atoms. The van der Waals surface area contributed by atoms with Gasteiger partial charge in [0.25, 0.3) is 0 Å². The molecule has 6 heteroatoms. The third kappa shape index (κ3) is 4.40. The van der Waals surface area contributed by atoms with Crippen LogP contribution in [0.5, 0.6) is 0 Å². The minimum Gasteiger partial charge on any atom is -0.389 e. The summed E-state index contributed by atoms with van der Waals surface area (Å²) < 4.78 is 14.6. The van der Waals surface area contributed by atoms with E-state index in [-0.39, 0.29) is 16.8 Å². The highest BCUT2D eigenvalue weighted by Crippen LogP contribution is 2.27. The molecule has 1 rings (SSSR count). The van der Waals surface area contributed by atoms with Crippen LogP contribution in [-0.4, -0.2) is 35.6 Å². The zero-order valence-electron chi connectivity index (χ0n) is 12.0. The molecule has 20 heavy (non-hydrogen) atoms. The summed E-state index contributed by atoms with van der Waals surface area (Å²) in [6.45, 7) is 9.09. The van der Waals surface area contributed by atoms with Crippen molar-refractivity contribution in [3.8, 4) is 0 Å². The van der Waals surface area contributed by atoms with Gasteiger partial charge in [-0.3, -0.25) is 0 Å². The molecular formula is C14H21BrFN3S. The van der Waals surface area contributed by atoms with Gasteiger partial charge >= 0.3 is 0 Å². The molecule has 0 saturated heterocycles. The summed E-state index contributed by atoms with van der Waals surface area (Å²) in [7, 11) is 0. The Morgan fingerprint density at radius 1 is 1.45 bits per heavy atom. The van der Waals surface area contributed by atoms with E-state index in [0.717, 1.165) is 19.6 Å². The lowest BCUT2D eigenvalue weighted by Gasteiger charge is -2.24. The van der Waals surface area contributed by atoms with E-state index in [0.29, 0.717) is 15.7 Å². The average molecular weight is 362 g/mol. The van der Waals surface area contributed by atoms with Crippen molar-refractivity contribution in [3.05, 3.63) is 28.0 Å². The maximum atomic E-state index is 14.2. The van der Waals surface area contributed by atoms with Crippen LogP contribution in [0.4, 0.5) is 10.1 Å². The normalized spacial score (nSPS) is 12.5. The van der Waals surface area contributed by atoms with Crippen LogP contribution < -0.4 is 11.1 Å². The van der Waals surface area contributed by atoms with Crippen molar-refractivity contribution in [1.82, 2.24) is 4.90 Å². The Kier molecular flexibility index (Phi) is 6.85. The topological polar surface area (TPSA) is 41.3 Å². The van der Waals surface area contributed by atoms with Gasteiger partial charge in [-0.05, 0) is 48.1 Å². The monoisotopic (exact) mass is 361 g/mol. The van der Waals surface area contributed by atoms with Gasteiger partial charge < -0.3 is 16.0 Å². The lowest BCUT2D eigenvalue weighted by Crippen LogP contribution is -2.35. The number of anilines is 1. The molecule has 0 heterocycles. The van der Waals surface area contributed by atoms with Crippen molar-refractivity contribution in [1.29, 1.82) is 0 Å². The summed E-state index contributed by atoms with van der Waals surface area (Å²) >= 11 is 8.09. The molecule has 1 atom stereocenters. The molecule has 0 fully saturated rings. The number of hydrogen-bond acceptors (Lipinski definition) is 3. The zero-order valence-corrected chi connectivity index (χ0v) is 14.4. The van der Waals surface area contributed by atoms with E-state index >= 15 is 0 Å². The van der Waals surface area contributed by atoms with Gasteiger partial charge in [0.2, 0.25) is 0 Å². The van der Waals surface area contributed by atoms with Gasteiger partial charge in [-0.15, -0.1) is 0 Å². The van der Waals surface area contributed by atoms with Crippen molar-refractivity contribution < 1.29 is 4.39 Å². The number of nitrogens with two attached hydrogens (primary N) is 1. The van der Waals surface area contributed by atoms with Crippen LogP contribution in [0.3, 0.4) is 0 Å². The Labute approximate surface area is 133 Å². The lowest BCUT2D eigenvalue weighted by atomic mass is 10.1. The van der Waals surface area contributed by atoms with Gasteiger partial charge in [0.05, 0.1) is 10.2 Å². The predicted octanol–water partition coefficient (Wildman–Crippen LogP) is 3.36. The number of likely N-dealkylation sites (N-methyl/N-ethyl adjacent to an activating group) is 1. The third-order valence-electron chi connectivity index (χ3n) is 3.18. The Balaban J connectivity index is 2.83. The molecule has 1 aromatic rings. The van der Waals surface area contributed by atoms with E-state index in [1.54, 1.807) is 12.1 Å². The van der Waals surface area contributed by atoms with Crippen LogP contribution in [0.1, 0.15) is 26.3 Å². The number of nitrogens with zero attached hydrogens (tertiary/aromatic N) is 1. The molecule has 1 unspecified atom stereocenters. The van der Waals surface area contributed by atoms with Crippen LogP contribution in [0.25, 0.3) is 0 Å². The first-order valence-electron chi connectivity index (χ1n) is 6.67. The highest BCUT2D eigenvalue weighted by Gasteiger charge is 2.15. The largest absolute Gasteiger partial charge is 0.389 e. The standard InChI is InChI=1S/C14H21BrFN3S/c1-4-19(5-2)8-9(3)18-11-7-6-10(14(17)20)12(15)13(11)16/h6-7,9,18H,4-5,8H2,1-3H3,(H2,17,20). The van der Waals surface area contributed by atoms with E-state index in [1.165, 1.54) is 0 Å². The van der Waals surface area contributed by atoms with E-state index in [9.17, 15) is 4.39 Å². The number of benzene rings is 1. The Bertz CT molecular complexity index is 478. The maximum absolute atomic E-state index is 14.2. The molecule has 0 radical (unpaired) electrons. The van der Waals surface area contributed by atoms with Gasteiger partial charge in [0.15, 0.2) is 5.82 Å². The van der Waals surface area contributed by atoms with Crippen molar-refractivity contribution in [3.63, 3.8) is 0 Å². The van der Waals surface area contributed by atoms with Gasteiger partial charge in [0.1, 0.15) is 4.99 Å². The summed E-state index contributed by atoms with van der Waals surface area (Å²) in [5.41, 5.74) is 6.51. The summed E-state index contributed by atoms with van der Waals surface area (Å²) in [5, 5.41) is 3.19. The van der Waals surface area contributed by atoms with Gasteiger partial charge in [-0.2, -0.15) is 0 Å². The Morgan fingerprint density at radius 2 is 2.05 bits per heavy atom. The number of nitrogens with one attached hydrogen (secondary N) is 1. The van der Waals surface area contributed by atoms with Crippen LogP contribution in [0, 0.1) is 5.82 Å². The minimum absolute atomic E-state index is 0.145. The van der Waals surface area contributed by atoms with Crippen molar-refractivity contribution >= 4 is 38.8 Å². The van der Waals surface area contributed by atoms with Gasteiger partial charge in [-0.25, -0.2) is 4.39 Å². The Hall–Kier alpha value is -0.720. The molecular weight excluding hydrogens is 341 g/mol. The molecule has 0 bridgehead atoms. The molecule has 3 nitrogen and oxygen atoms in total. The second kappa shape index (κ2) is 7.90. The fourth-order valence-electron chi connectivity index (χ4n) is 2.03. The van der Waals surface area contributed by atoms with Crippen molar-refractivity contribution in [2.75, 3.05) is 25.0 Å². The summed E-state index contributed by atoms with van der Waals surface area (Å²) in [6.07, 6.45) is 0. The number of rotatable bonds is 7. The zero-order chi connectivity index (χ0) is 15.3. The first kappa shape index (κ1) is 17.3. The molecule has 0 aliphatic heterocycles. The molecule has 0 amide bonds.